The van der Waals surface area contributed by atoms with Gasteiger partial charge in [0.1, 0.15) is 6.61 Å². The first kappa shape index (κ1) is 8.61. The van der Waals surface area contributed by atoms with Gasteiger partial charge in [0.05, 0.1) is 6.54 Å². The highest BCUT2D eigenvalue weighted by Gasteiger charge is 2.18. The summed E-state index contributed by atoms with van der Waals surface area (Å²) in [6.07, 6.45) is 0. The highest BCUT2D eigenvalue weighted by molar-refractivity contribution is 5.93. The Morgan fingerprint density at radius 3 is 3.00 bits per heavy atom. The van der Waals surface area contributed by atoms with E-state index in [-0.39, 0.29) is 5.82 Å². The van der Waals surface area contributed by atoms with Crippen molar-refractivity contribution in [3.8, 4) is 0 Å². The number of nitrogens with zero attached hydrogens (tertiary/aromatic N) is 3. The van der Waals surface area contributed by atoms with E-state index in [0.717, 1.165) is 0 Å². The maximum atomic E-state index is 10.4. The fourth-order valence-corrected chi connectivity index (χ4v) is 1.13. The molecule has 2 rings (SSSR count). The summed E-state index contributed by atoms with van der Waals surface area (Å²) in [5.74, 6) is 0.189. The second kappa shape index (κ2) is 3.41. The van der Waals surface area contributed by atoms with Gasteiger partial charge in [-0.25, -0.2) is 4.99 Å². The number of nitro groups is 1. The monoisotopic (exact) mass is 193 g/mol. The minimum absolute atomic E-state index is 0.194. The summed E-state index contributed by atoms with van der Waals surface area (Å²) in [6.45, 7) is 1.10. The van der Waals surface area contributed by atoms with Gasteiger partial charge in [0.25, 0.3) is 5.90 Å². The van der Waals surface area contributed by atoms with Crippen LogP contribution >= 0.6 is 0 Å². The summed E-state index contributed by atoms with van der Waals surface area (Å²) in [6, 6.07) is 4.53. The first-order valence-electron chi connectivity index (χ1n) is 4.06. The molecule has 0 radical (unpaired) electrons. The molecule has 6 heteroatoms. The van der Waals surface area contributed by atoms with Crippen LogP contribution in [0.5, 0.6) is 0 Å². The van der Waals surface area contributed by atoms with Gasteiger partial charge in [-0.3, -0.25) is 0 Å². The van der Waals surface area contributed by atoms with Gasteiger partial charge >= 0.3 is 5.82 Å². The van der Waals surface area contributed by atoms with E-state index in [1.807, 2.05) is 0 Å². The van der Waals surface area contributed by atoms with Gasteiger partial charge in [-0.15, -0.1) is 0 Å². The van der Waals surface area contributed by atoms with Crippen molar-refractivity contribution in [1.82, 2.24) is 4.98 Å². The van der Waals surface area contributed by atoms with Gasteiger partial charge in [0.15, 0.2) is 0 Å². The van der Waals surface area contributed by atoms with Gasteiger partial charge in [-0.2, -0.15) is 0 Å². The predicted molar refractivity (Wildman–Crippen MR) is 48.2 cm³/mol. The van der Waals surface area contributed by atoms with Crippen molar-refractivity contribution in [3.63, 3.8) is 0 Å². The fourth-order valence-electron chi connectivity index (χ4n) is 1.13. The van der Waals surface area contributed by atoms with Crippen molar-refractivity contribution in [1.29, 1.82) is 0 Å². The lowest BCUT2D eigenvalue weighted by Gasteiger charge is -1.96. The number of hydrogen-bond acceptors (Lipinski definition) is 5. The Morgan fingerprint density at radius 2 is 2.36 bits per heavy atom. The summed E-state index contributed by atoms with van der Waals surface area (Å²) < 4.78 is 5.14. The molecule has 72 valence electrons. The van der Waals surface area contributed by atoms with Gasteiger partial charge in [0.2, 0.25) is 5.69 Å². The third kappa shape index (κ3) is 1.54. The molecule has 1 aromatic rings. The van der Waals surface area contributed by atoms with Crippen molar-refractivity contribution in [2.45, 2.75) is 0 Å². The van der Waals surface area contributed by atoms with Crippen LogP contribution in [0, 0.1) is 10.1 Å². The number of ether oxygens (including phenoxy) is 1. The smallest absolute Gasteiger partial charge is 0.364 e. The number of aromatic nitrogens is 1. The fraction of sp³-hybridized carbons (Fsp3) is 0.250. The van der Waals surface area contributed by atoms with Gasteiger partial charge in [-0.1, -0.05) is 0 Å². The SMILES string of the molecule is O=[N+]([O-])c1cccc(C2=NCCO2)n1. The van der Waals surface area contributed by atoms with Crippen LogP contribution in [0.3, 0.4) is 0 Å². The van der Waals surface area contributed by atoms with E-state index in [2.05, 4.69) is 9.98 Å². The second-order valence-corrected chi connectivity index (χ2v) is 2.67. The Kier molecular flexibility index (Phi) is 2.10. The molecule has 0 amide bonds. The number of rotatable bonds is 2. The topological polar surface area (TPSA) is 77.6 Å². The van der Waals surface area contributed by atoms with Gasteiger partial charge < -0.3 is 14.9 Å². The first-order valence-corrected chi connectivity index (χ1v) is 4.06. The molecule has 0 fully saturated rings. The molecule has 0 unspecified atom stereocenters. The van der Waals surface area contributed by atoms with Crippen molar-refractivity contribution in [2.24, 2.45) is 4.99 Å². The van der Waals surface area contributed by atoms with Crippen LogP contribution in [0.1, 0.15) is 5.69 Å². The molecule has 14 heavy (non-hydrogen) atoms. The maximum Gasteiger partial charge on any atom is 0.364 e. The van der Waals surface area contributed by atoms with Crippen LogP contribution in [0.2, 0.25) is 0 Å². The third-order valence-electron chi connectivity index (χ3n) is 1.73. The molecule has 0 atom stereocenters. The summed E-state index contributed by atoms with van der Waals surface area (Å²) in [5.41, 5.74) is 0.414. The van der Waals surface area contributed by atoms with E-state index in [1.54, 1.807) is 12.1 Å². The van der Waals surface area contributed by atoms with Crippen LogP contribution in [-0.4, -0.2) is 29.0 Å². The molecule has 1 aliphatic heterocycles. The summed E-state index contributed by atoms with van der Waals surface area (Å²) in [4.78, 5) is 17.7. The zero-order valence-corrected chi connectivity index (χ0v) is 7.21. The van der Waals surface area contributed by atoms with Crippen LogP contribution < -0.4 is 0 Å². The van der Waals surface area contributed by atoms with Gasteiger partial charge in [-0.05, 0) is 22.0 Å². The molecule has 0 saturated heterocycles. The number of hydrogen-bond donors (Lipinski definition) is 0. The van der Waals surface area contributed by atoms with Crippen molar-refractivity contribution >= 4 is 11.7 Å². The largest absolute Gasteiger partial charge is 0.473 e. The minimum Gasteiger partial charge on any atom is -0.473 e. The first-order chi connectivity index (χ1) is 6.77. The Bertz CT molecular complexity index is 403. The average molecular weight is 193 g/mol. The van der Waals surface area contributed by atoms with Crippen LogP contribution in [0.25, 0.3) is 0 Å². The molecule has 0 saturated carbocycles. The molecule has 1 aromatic heterocycles. The van der Waals surface area contributed by atoms with Crippen molar-refractivity contribution in [2.75, 3.05) is 13.2 Å². The Morgan fingerprint density at radius 1 is 1.50 bits per heavy atom. The van der Waals surface area contributed by atoms with E-state index in [4.69, 9.17) is 4.74 Å². The molecule has 0 aliphatic carbocycles. The lowest BCUT2D eigenvalue weighted by Crippen LogP contribution is -2.05. The second-order valence-electron chi connectivity index (χ2n) is 2.67. The van der Waals surface area contributed by atoms with Crippen LogP contribution in [0.15, 0.2) is 23.2 Å². The Hall–Kier alpha value is -1.98. The van der Waals surface area contributed by atoms with Crippen molar-refractivity contribution in [3.05, 3.63) is 34.0 Å². The third-order valence-corrected chi connectivity index (χ3v) is 1.73. The van der Waals surface area contributed by atoms with E-state index in [1.165, 1.54) is 6.07 Å². The Labute approximate surface area is 79.4 Å². The molecule has 2 heterocycles. The Balaban J connectivity index is 2.34. The molecule has 0 aromatic carbocycles. The van der Waals surface area contributed by atoms with E-state index < -0.39 is 4.92 Å². The van der Waals surface area contributed by atoms with Gasteiger partial charge in [0, 0.05) is 6.07 Å². The number of pyridine rings is 1. The molecule has 0 bridgehead atoms. The summed E-state index contributed by atoms with van der Waals surface area (Å²) >= 11 is 0. The van der Waals surface area contributed by atoms with Crippen LogP contribution in [0.4, 0.5) is 5.82 Å². The lowest BCUT2D eigenvalue weighted by molar-refractivity contribution is -0.389. The minimum atomic E-state index is -0.543. The highest BCUT2D eigenvalue weighted by atomic mass is 16.6. The molecule has 6 nitrogen and oxygen atoms in total. The molecule has 0 spiro atoms. The van der Waals surface area contributed by atoms with E-state index in [0.29, 0.717) is 24.7 Å². The summed E-state index contributed by atoms with van der Waals surface area (Å²) in [7, 11) is 0. The zero-order valence-electron chi connectivity index (χ0n) is 7.21. The molecular formula is C8H7N3O3. The molecule has 1 aliphatic rings. The van der Waals surface area contributed by atoms with Crippen molar-refractivity contribution < 1.29 is 9.66 Å². The molecular weight excluding hydrogens is 186 g/mol. The standard InChI is InChI=1S/C8H7N3O3/c12-11(13)7-3-1-2-6(10-7)8-9-4-5-14-8/h1-3H,4-5H2. The molecule has 0 N–H and O–H groups in total. The number of aliphatic imine (C=N–C) groups is 1. The highest BCUT2D eigenvalue weighted by Crippen LogP contribution is 2.10. The van der Waals surface area contributed by atoms with E-state index in [9.17, 15) is 10.1 Å². The van der Waals surface area contributed by atoms with Crippen LogP contribution in [-0.2, 0) is 4.74 Å². The lowest BCUT2D eigenvalue weighted by atomic mass is 10.3. The average Bonchev–Trinajstić information content (AvgIpc) is 2.71. The normalized spacial score (nSPS) is 14.7. The predicted octanol–water partition coefficient (Wildman–Crippen LogP) is 0.767. The quantitative estimate of drug-likeness (QED) is 0.513. The maximum absolute atomic E-state index is 10.4. The summed E-state index contributed by atoms with van der Waals surface area (Å²) in [5, 5.41) is 10.4. The zero-order chi connectivity index (χ0) is 9.97. The van der Waals surface area contributed by atoms with E-state index >= 15 is 0 Å².